The van der Waals surface area contributed by atoms with Crippen LogP contribution in [-0.2, 0) is 4.74 Å². The molecule has 0 fully saturated rings. The van der Waals surface area contributed by atoms with Gasteiger partial charge in [-0.15, -0.1) is 0 Å². The molecule has 0 atom stereocenters. The van der Waals surface area contributed by atoms with Crippen LogP contribution in [0, 0.1) is 0 Å². The van der Waals surface area contributed by atoms with Gasteiger partial charge in [0.15, 0.2) is 5.16 Å². The fourth-order valence-electron chi connectivity index (χ4n) is 2.63. The predicted molar refractivity (Wildman–Crippen MR) is 106 cm³/mol. The third-order valence-corrected chi connectivity index (χ3v) is 4.72. The SMILES string of the molecule is CCOCCSc1nc2ccccc2c(=O)n1-c1ccc(OCC)cc1. The van der Waals surface area contributed by atoms with Gasteiger partial charge >= 0.3 is 0 Å². The molecule has 0 radical (unpaired) electrons. The Hall–Kier alpha value is -2.31. The Morgan fingerprint density at radius 2 is 1.81 bits per heavy atom. The van der Waals surface area contributed by atoms with Gasteiger partial charge in [0.05, 0.1) is 29.8 Å². The smallest absolute Gasteiger partial charge is 0.266 e. The molecule has 0 N–H and O–H groups in total. The highest BCUT2D eigenvalue weighted by molar-refractivity contribution is 7.99. The Labute approximate surface area is 157 Å². The van der Waals surface area contributed by atoms with E-state index in [1.54, 1.807) is 4.57 Å². The normalized spacial score (nSPS) is 11.0. The number of benzene rings is 2. The van der Waals surface area contributed by atoms with Crippen LogP contribution in [0.4, 0.5) is 0 Å². The van der Waals surface area contributed by atoms with Crippen molar-refractivity contribution in [2.45, 2.75) is 19.0 Å². The second kappa shape index (κ2) is 8.87. The summed E-state index contributed by atoms with van der Waals surface area (Å²) in [4.78, 5) is 17.8. The van der Waals surface area contributed by atoms with Gasteiger partial charge in [-0.25, -0.2) is 4.98 Å². The van der Waals surface area contributed by atoms with Crippen LogP contribution in [0.5, 0.6) is 5.75 Å². The molecular formula is C20H22N2O3S. The largest absolute Gasteiger partial charge is 0.494 e. The van der Waals surface area contributed by atoms with E-state index in [-0.39, 0.29) is 5.56 Å². The van der Waals surface area contributed by atoms with Crippen LogP contribution in [0.25, 0.3) is 16.6 Å². The Balaban J connectivity index is 2.05. The number of nitrogens with zero attached hydrogens (tertiary/aromatic N) is 2. The van der Waals surface area contributed by atoms with Crippen molar-refractivity contribution < 1.29 is 9.47 Å². The first-order chi connectivity index (χ1) is 12.7. The Morgan fingerprint density at radius 3 is 2.54 bits per heavy atom. The summed E-state index contributed by atoms with van der Waals surface area (Å²) < 4.78 is 12.6. The van der Waals surface area contributed by atoms with Crippen molar-refractivity contribution in [1.82, 2.24) is 9.55 Å². The van der Waals surface area contributed by atoms with Gasteiger partial charge < -0.3 is 9.47 Å². The van der Waals surface area contributed by atoms with Gasteiger partial charge in [-0.2, -0.15) is 0 Å². The number of hydrogen-bond acceptors (Lipinski definition) is 5. The van der Waals surface area contributed by atoms with Crippen LogP contribution < -0.4 is 10.3 Å². The number of hydrogen-bond donors (Lipinski definition) is 0. The number of rotatable bonds is 8. The third-order valence-electron chi connectivity index (χ3n) is 3.81. The zero-order valence-corrected chi connectivity index (χ0v) is 15.8. The summed E-state index contributed by atoms with van der Waals surface area (Å²) in [5, 5.41) is 1.27. The van der Waals surface area contributed by atoms with Crippen LogP contribution in [0.3, 0.4) is 0 Å². The second-order valence-corrected chi connectivity index (χ2v) is 6.59. The lowest BCUT2D eigenvalue weighted by Gasteiger charge is -2.14. The monoisotopic (exact) mass is 370 g/mol. The summed E-state index contributed by atoms with van der Waals surface area (Å²) in [6, 6.07) is 14.9. The average molecular weight is 370 g/mol. The molecule has 1 heterocycles. The molecule has 0 aliphatic carbocycles. The van der Waals surface area contributed by atoms with Crippen molar-refractivity contribution in [3.63, 3.8) is 0 Å². The molecule has 2 aromatic carbocycles. The maximum absolute atomic E-state index is 13.1. The summed E-state index contributed by atoms with van der Waals surface area (Å²) in [5.74, 6) is 1.51. The van der Waals surface area contributed by atoms with E-state index in [9.17, 15) is 4.79 Å². The Kier molecular flexibility index (Phi) is 6.30. The molecule has 5 nitrogen and oxygen atoms in total. The summed E-state index contributed by atoms with van der Waals surface area (Å²) in [5.41, 5.74) is 1.41. The van der Waals surface area contributed by atoms with Gasteiger partial charge in [0.2, 0.25) is 0 Å². The van der Waals surface area contributed by atoms with Gasteiger partial charge in [0, 0.05) is 12.4 Å². The fraction of sp³-hybridized carbons (Fsp3) is 0.300. The quantitative estimate of drug-likeness (QED) is 0.342. The lowest BCUT2D eigenvalue weighted by atomic mass is 10.2. The van der Waals surface area contributed by atoms with Gasteiger partial charge in [-0.1, -0.05) is 23.9 Å². The summed E-state index contributed by atoms with van der Waals surface area (Å²) in [7, 11) is 0. The molecule has 0 aliphatic heterocycles. The molecule has 0 unspecified atom stereocenters. The molecule has 3 aromatic rings. The van der Waals surface area contributed by atoms with E-state index in [2.05, 4.69) is 0 Å². The first-order valence-corrected chi connectivity index (χ1v) is 9.68. The van der Waals surface area contributed by atoms with Crippen LogP contribution in [0.1, 0.15) is 13.8 Å². The zero-order chi connectivity index (χ0) is 18.4. The van der Waals surface area contributed by atoms with Crippen molar-refractivity contribution in [2.24, 2.45) is 0 Å². The maximum Gasteiger partial charge on any atom is 0.266 e. The van der Waals surface area contributed by atoms with E-state index >= 15 is 0 Å². The molecule has 0 spiro atoms. The lowest BCUT2D eigenvalue weighted by Crippen LogP contribution is -2.22. The van der Waals surface area contributed by atoms with Crippen molar-refractivity contribution in [3.8, 4) is 11.4 Å². The van der Waals surface area contributed by atoms with Crippen LogP contribution >= 0.6 is 11.8 Å². The average Bonchev–Trinajstić information content (AvgIpc) is 2.67. The predicted octanol–water partition coefficient (Wildman–Crippen LogP) is 3.91. The van der Waals surface area contributed by atoms with Gasteiger partial charge in [0.25, 0.3) is 5.56 Å². The topological polar surface area (TPSA) is 53.3 Å². The van der Waals surface area contributed by atoms with E-state index in [0.717, 1.165) is 17.2 Å². The van der Waals surface area contributed by atoms with E-state index in [4.69, 9.17) is 14.5 Å². The minimum absolute atomic E-state index is 0.0707. The number of aromatic nitrogens is 2. The first-order valence-electron chi connectivity index (χ1n) is 8.70. The Morgan fingerprint density at radius 1 is 1.04 bits per heavy atom. The van der Waals surface area contributed by atoms with Gasteiger partial charge in [-0.05, 0) is 50.2 Å². The highest BCUT2D eigenvalue weighted by Gasteiger charge is 2.13. The fourth-order valence-corrected chi connectivity index (χ4v) is 3.50. The second-order valence-electron chi connectivity index (χ2n) is 5.52. The number of para-hydroxylation sites is 1. The van der Waals surface area contributed by atoms with Crippen molar-refractivity contribution >= 4 is 22.7 Å². The Bertz CT molecular complexity index is 922. The summed E-state index contributed by atoms with van der Waals surface area (Å²) in [6.07, 6.45) is 0. The van der Waals surface area contributed by atoms with Crippen LogP contribution in [0.15, 0.2) is 58.5 Å². The van der Waals surface area contributed by atoms with E-state index < -0.39 is 0 Å². The number of fused-ring (bicyclic) bond motifs is 1. The lowest BCUT2D eigenvalue weighted by molar-refractivity contribution is 0.164. The van der Waals surface area contributed by atoms with Gasteiger partial charge in [-0.3, -0.25) is 9.36 Å². The molecule has 0 saturated carbocycles. The molecule has 3 rings (SSSR count). The van der Waals surface area contributed by atoms with E-state index in [1.807, 2.05) is 62.4 Å². The highest BCUT2D eigenvalue weighted by atomic mass is 32.2. The van der Waals surface area contributed by atoms with Crippen molar-refractivity contribution in [2.75, 3.05) is 25.6 Å². The molecule has 0 bridgehead atoms. The molecule has 6 heteroatoms. The third kappa shape index (κ3) is 4.08. The molecule has 0 amide bonds. The van der Waals surface area contributed by atoms with E-state index in [1.165, 1.54) is 11.8 Å². The van der Waals surface area contributed by atoms with Crippen molar-refractivity contribution in [1.29, 1.82) is 0 Å². The van der Waals surface area contributed by atoms with Gasteiger partial charge in [0.1, 0.15) is 5.75 Å². The zero-order valence-electron chi connectivity index (χ0n) is 15.0. The van der Waals surface area contributed by atoms with Crippen LogP contribution in [0.2, 0.25) is 0 Å². The summed E-state index contributed by atoms with van der Waals surface area (Å²) in [6.45, 7) is 5.81. The standard InChI is InChI=1S/C20H22N2O3S/c1-3-24-13-14-26-20-21-18-8-6-5-7-17(18)19(23)22(20)15-9-11-16(12-10-15)25-4-2/h5-12H,3-4,13-14H2,1-2H3. The molecule has 0 aliphatic rings. The maximum atomic E-state index is 13.1. The molecule has 136 valence electrons. The summed E-state index contributed by atoms with van der Waals surface area (Å²) >= 11 is 1.52. The molecule has 1 aromatic heterocycles. The first kappa shape index (κ1) is 18.5. The highest BCUT2D eigenvalue weighted by Crippen LogP contribution is 2.22. The van der Waals surface area contributed by atoms with Crippen molar-refractivity contribution in [3.05, 3.63) is 58.9 Å². The number of ether oxygens (including phenoxy) is 2. The molecule has 26 heavy (non-hydrogen) atoms. The molecular weight excluding hydrogens is 348 g/mol. The number of thioether (sulfide) groups is 1. The minimum atomic E-state index is -0.0707. The van der Waals surface area contributed by atoms with Crippen LogP contribution in [-0.4, -0.2) is 35.1 Å². The van der Waals surface area contributed by atoms with E-state index in [0.29, 0.717) is 35.9 Å². The minimum Gasteiger partial charge on any atom is -0.494 e. The molecule has 0 saturated heterocycles.